The fourth-order valence-electron chi connectivity index (χ4n) is 2.14. The normalized spacial score (nSPS) is 12.5. The molecule has 0 aliphatic rings. The molecule has 0 amide bonds. The van der Waals surface area contributed by atoms with E-state index in [1.165, 1.54) is 11.1 Å². The van der Waals surface area contributed by atoms with Crippen LogP contribution in [0, 0.1) is 20.8 Å². The van der Waals surface area contributed by atoms with Gasteiger partial charge in [-0.3, -0.25) is 0 Å². The second-order valence-corrected chi connectivity index (χ2v) is 6.47. The Balaban J connectivity index is 2.53. The van der Waals surface area contributed by atoms with Crippen molar-refractivity contribution in [1.29, 1.82) is 0 Å². The first kappa shape index (κ1) is 14.9. The fourth-order valence-corrected chi connectivity index (χ4v) is 3.25. The molecule has 0 spiro atoms. The maximum absolute atomic E-state index is 6.66. The van der Waals surface area contributed by atoms with Gasteiger partial charge in [0.1, 0.15) is 0 Å². The number of hydrogen-bond acceptors (Lipinski definition) is 0. The van der Waals surface area contributed by atoms with Gasteiger partial charge in [-0.2, -0.15) is 0 Å². The third-order valence-corrected chi connectivity index (χ3v) is 5.14. The lowest BCUT2D eigenvalue weighted by molar-refractivity contribution is 1.08. The average molecular weight is 358 g/mol. The molecular weight excluding hydrogens is 343 g/mol. The van der Waals surface area contributed by atoms with Crippen LogP contribution in [0.25, 0.3) is 0 Å². The Labute approximate surface area is 132 Å². The van der Waals surface area contributed by atoms with Gasteiger partial charge in [-0.25, -0.2) is 0 Å². The van der Waals surface area contributed by atoms with Gasteiger partial charge in [0.25, 0.3) is 0 Å². The van der Waals surface area contributed by atoms with Crippen LogP contribution in [0.3, 0.4) is 0 Å². The minimum absolute atomic E-state index is 0.175. The summed E-state index contributed by atoms with van der Waals surface area (Å²) in [6.07, 6.45) is 0. The molecule has 0 N–H and O–H groups in total. The van der Waals surface area contributed by atoms with E-state index in [2.05, 4.69) is 41.9 Å². The highest BCUT2D eigenvalue weighted by Gasteiger charge is 2.17. The molecule has 0 aliphatic carbocycles. The second kappa shape index (κ2) is 5.87. The van der Waals surface area contributed by atoms with E-state index in [1.807, 2.05) is 25.1 Å². The summed E-state index contributed by atoms with van der Waals surface area (Å²) in [4.78, 5) is 0. The van der Waals surface area contributed by atoms with Crippen LogP contribution >= 0.6 is 39.1 Å². The molecule has 100 valence electrons. The molecule has 0 aromatic heterocycles. The Bertz CT molecular complexity index is 620. The lowest BCUT2D eigenvalue weighted by Gasteiger charge is -2.17. The van der Waals surface area contributed by atoms with E-state index < -0.39 is 0 Å². The van der Waals surface area contributed by atoms with Crippen molar-refractivity contribution in [2.24, 2.45) is 0 Å². The zero-order valence-electron chi connectivity index (χ0n) is 11.1. The van der Waals surface area contributed by atoms with E-state index >= 15 is 0 Å². The van der Waals surface area contributed by atoms with Crippen LogP contribution in [0.15, 0.2) is 34.8 Å². The third-order valence-electron chi connectivity index (χ3n) is 3.40. The first-order valence-electron chi connectivity index (χ1n) is 6.07. The van der Waals surface area contributed by atoms with Gasteiger partial charge in [-0.15, -0.1) is 11.6 Å². The van der Waals surface area contributed by atoms with Gasteiger partial charge in [0.2, 0.25) is 0 Å². The summed E-state index contributed by atoms with van der Waals surface area (Å²) in [5.41, 5.74) is 5.61. The highest BCUT2D eigenvalue weighted by Crippen LogP contribution is 2.36. The first-order valence-corrected chi connectivity index (χ1v) is 7.68. The van der Waals surface area contributed by atoms with Gasteiger partial charge in [0.15, 0.2) is 0 Å². The minimum Gasteiger partial charge on any atom is -0.113 e. The predicted molar refractivity (Wildman–Crippen MR) is 87.5 cm³/mol. The molecule has 0 fully saturated rings. The zero-order valence-corrected chi connectivity index (χ0v) is 14.2. The molecule has 1 unspecified atom stereocenters. The summed E-state index contributed by atoms with van der Waals surface area (Å²) < 4.78 is 1.11. The van der Waals surface area contributed by atoms with Crippen LogP contribution in [0.5, 0.6) is 0 Å². The van der Waals surface area contributed by atoms with Crippen LogP contribution in [-0.2, 0) is 0 Å². The fraction of sp³-hybridized carbons (Fsp3) is 0.250. The van der Waals surface area contributed by atoms with E-state index in [9.17, 15) is 0 Å². The first-order chi connectivity index (χ1) is 8.91. The van der Waals surface area contributed by atoms with Crippen LogP contribution in [0.1, 0.15) is 33.2 Å². The van der Waals surface area contributed by atoms with E-state index in [4.69, 9.17) is 23.2 Å². The van der Waals surface area contributed by atoms with Crippen molar-refractivity contribution in [3.8, 4) is 0 Å². The van der Waals surface area contributed by atoms with Gasteiger partial charge in [0, 0.05) is 9.50 Å². The smallest absolute Gasteiger partial charge is 0.0841 e. The quantitative estimate of drug-likeness (QED) is 0.549. The van der Waals surface area contributed by atoms with Crippen molar-refractivity contribution in [1.82, 2.24) is 0 Å². The SMILES string of the molecule is Cc1cc(C(Cl)c2cccc(Cl)c2C)c(C)cc1Br. The molecule has 0 saturated heterocycles. The molecular formula is C16H15BrCl2. The van der Waals surface area contributed by atoms with E-state index in [1.54, 1.807) is 0 Å². The standard InChI is InChI=1S/C16H15BrCl2/c1-9-8-14(17)10(2)7-13(9)16(19)12-5-4-6-15(18)11(12)3/h4-8,16H,1-3H3. The topological polar surface area (TPSA) is 0 Å². The van der Waals surface area contributed by atoms with Crippen LogP contribution in [0.2, 0.25) is 5.02 Å². The van der Waals surface area contributed by atoms with Gasteiger partial charge in [-0.05, 0) is 60.7 Å². The van der Waals surface area contributed by atoms with E-state index in [0.29, 0.717) is 0 Å². The minimum atomic E-state index is -0.175. The Morgan fingerprint density at radius 3 is 2.37 bits per heavy atom. The molecule has 3 heteroatoms. The maximum atomic E-state index is 6.66. The summed E-state index contributed by atoms with van der Waals surface area (Å²) in [5, 5.41) is 0.583. The molecule has 0 bridgehead atoms. The number of halogens is 3. The van der Waals surface area contributed by atoms with Crippen LogP contribution < -0.4 is 0 Å². The summed E-state index contributed by atoms with van der Waals surface area (Å²) in [6.45, 7) is 6.16. The van der Waals surface area contributed by atoms with Crippen molar-refractivity contribution in [3.05, 3.63) is 67.6 Å². The Morgan fingerprint density at radius 1 is 1.00 bits per heavy atom. The molecule has 2 aromatic rings. The molecule has 0 aliphatic heterocycles. The number of aryl methyl sites for hydroxylation is 2. The van der Waals surface area contributed by atoms with Crippen molar-refractivity contribution in [2.45, 2.75) is 26.1 Å². The monoisotopic (exact) mass is 356 g/mol. The van der Waals surface area contributed by atoms with E-state index in [-0.39, 0.29) is 5.38 Å². The Kier molecular flexibility index (Phi) is 4.60. The largest absolute Gasteiger partial charge is 0.113 e. The summed E-state index contributed by atoms with van der Waals surface area (Å²) in [6, 6.07) is 10.1. The van der Waals surface area contributed by atoms with Crippen LogP contribution in [0.4, 0.5) is 0 Å². The molecule has 0 saturated carbocycles. The van der Waals surface area contributed by atoms with Gasteiger partial charge >= 0.3 is 0 Å². The van der Waals surface area contributed by atoms with E-state index in [0.717, 1.165) is 26.2 Å². The molecule has 2 aromatic carbocycles. The molecule has 0 nitrogen and oxygen atoms in total. The second-order valence-electron chi connectivity index (χ2n) is 4.77. The van der Waals surface area contributed by atoms with Gasteiger partial charge in [0.05, 0.1) is 5.38 Å². The number of benzene rings is 2. The van der Waals surface area contributed by atoms with Crippen LogP contribution in [-0.4, -0.2) is 0 Å². The lowest BCUT2D eigenvalue weighted by atomic mass is 9.95. The number of alkyl halides is 1. The lowest BCUT2D eigenvalue weighted by Crippen LogP contribution is -2.00. The number of hydrogen-bond donors (Lipinski definition) is 0. The summed E-state index contributed by atoms with van der Waals surface area (Å²) in [7, 11) is 0. The highest BCUT2D eigenvalue weighted by atomic mass is 79.9. The predicted octanol–water partition coefficient (Wildman–Crippen LogP) is 6.36. The maximum Gasteiger partial charge on any atom is 0.0841 e. The molecule has 1 atom stereocenters. The highest BCUT2D eigenvalue weighted by molar-refractivity contribution is 9.10. The third kappa shape index (κ3) is 2.99. The number of rotatable bonds is 2. The Morgan fingerprint density at radius 2 is 1.68 bits per heavy atom. The average Bonchev–Trinajstić information content (AvgIpc) is 2.36. The molecule has 0 radical (unpaired) electrons. The molecule has 2 rings (SSSR count). The van der Waals surface area contributed by atoms with Gasteiger partial charge in [-0.1, -0.05) is 45.7 Å². The van der Waals surface area contributed by atoms with Crippen molar-refractivity contribution in [2.75, 3.05) is 0 Å². The molecule has 0 heterocycles. The Hall–Kier alpha value is -0.500. The van der Waals surface area contributed by atoms with Crippen molar-refractivity contribution >= 4 is 39.1 Å². The zero-order chi connectivity index (χ0) is 14.2. The van der Waals surface area contributed by atoms with Crippen molar-refractivity contribution < 1.29 is 0 Å². The summed E-state index contributed by atoms with van der Waals surface area (Å²) >= 11 is 16.4. The van der Waals surface area contributed by atoms with Gasteiger partial charge < -0.3 is 0 Å². The summed E-state index contributed by atoms with van der Waals surface area (Å²) in [5.74, 6) is 0. The molecule has 19 heavy (non-hydrogen) atoms. The van der Waals surface area contributed by atoms with Crippen molar-refractivity contribution in [3.63, 3.8) is 0 Å².